The van der Waals surface area contributed by atoms with Gasteiger partial charge >= 0.3 is 6.18 Å². The molecular formula is C23H23Cl2F3N2O. The van der Waals surface area contributed by atoms with E-state index >= 15 is 0 Å². The number of hydrogen-bond donors (Lipinski definition) is 1. The van der Waals surface area contributed by atoms with Crippen LogP contribution in [0.25, 0.3) is 0 Å². The summed E-state index contributed by atoms with van der Waals surface area (Å²) in [5, 5.41) is 1.92. The molecule has 3 nitrogen and oxygen atoms in total. The van der Waals surface area contributed by atoms with Crippen LogP contribution in [0.5, 0.6) is 0 Å². The Kier molecular flexibility index (Phi) is 6.52. The third kappa shape index (κ3) is 4.57. The molecule has 4 rings (SSSR count). The quantitative estimate of drug-likeness (QED) is 0.543. The van der Waals surface area contributed by atoms with Crippen LogP contribution in [0.2, 0.25) is 10.0 Å². The average molecular weight is 471 g/mol. The first-order valence-electron chi connectivity index (χ1n) is 10.4. The fourth-order valence-corrected chi connectivity index (χ4v) is 5.54. The minimum Gasteiger partial charge on any atom is -0.348 e. The molecule has 0 bridgehead atoms. The van der Waals surface area contributed by atoms with E-state index in [0.717, 1.165) is 36.2 Å². The van der Waals surface area contributed by atoms with E-state index in [2.05, 4.69) is 16.3 Å². The lowest BCUT2D eigenvalue weighted by molar-refractivity contribution is -0.137. The second-order valence-corrected chi connectivity index (χ2v) is 8.93. The normalized spacial score (nSPS) is 21.7. The Balaban J connectivity index is 1.55. The number of amides is 1. The maximum absolute atomic E-state index is 13.2. The first-order valence-corrected chi connectivity index (χ1v) is 11.2. The van der Waals surface area contributed by atoms with Crippen LogP contribution in [0.15, 0.2) is 36.4 Å². The Morgan fingerprint density at radius 2 is 1.81 bits per heavy atom. The summed E-state index contributed by atoms with van der Waals surface area (Å²) in [4.78, 5) is 15.3. The average Bonchev–Trinajstić information content (AvgIpc) is 3.20. The van der Waals surface area contributed by atoms with Crippen LogP contribution in [0.4, 0.5) is 13.2 Å². The first kappa shape index (κ1) is 22.4. The van der Waals surface area contributed by atoms with Crippen LogP contribution < -0.4 is 5.32 Å². The number of nitrogens with one attached hydrogen (secondary N) is 1. The van der Waals surface area contributed by atoms with E-state index < -0.39 is 22.7 Å². The summed E-state index contributed by atoms with van der Waals surface area (Å²) < 4.78 is 39.5. The third-order valence-electron chi connectivity index (χ3n) is 6.31. The van der Waals surface area contributed by atoms with Gasteiger partial charge in [0.15, 0.2) is 0 Å². The van der Waals surface area contributed by atoms with Gasteiger partial charge in [-0.1, -0.05) is 47.5 Å². The van der Waals surface area contributed by atoms with Gasteiger partial charge in [0.1, 0.15) is 0 Å². The summed E-state index contributed by atoms with van der Waals surface area (Å²) in [5.41, 5.74) is 0.683. The summed E-state index contributed by atoms with van der Waals surface area (Å²) in [6, 6.07) is 10.7. The molecule has 2 fully saturated rings. The fourth-order valence-electron chi connectivity index (χ4n) is 4.89. The lowest BCUT2D eigenvalue weighted by atomic mass is 9.89. The van der Waals surface area contributed by atoms with Crippen molar-refractivity contribution in [1.29, 1.82) is 0 Å². The molecule has 1 amide bonds. The van der Waals surface area contributed by atoms with Gasteiger partial charge in [-0.25, -0.2) is 0 Å². The van der Waals surface area contributed by atoms with Gasteiger partial charge in [-0.15, -0.1) is 0 Å². The molecule has 2 aromatic carbocycles. The Labute approximate surface area is 189 Å². The van der Waals surface area contributed by atoms with E-state index in [1.165, 1.54) is 25.7 Å². The smallest absolute Gasteiger partial charge is 0.348 e. The van der Waals surface area contributed by atoms with Crippen molar-refractivity contribution in [2.45, 2.75) is 56.9 Å². The second kappa shape index (κ2) is 9.00. The molecule has 0 saturated carbocycles. The predicted octanol–water partition coefficient (Wildman–Crippen LogP) is 6.63. The highest BCUT2D eigenvalue weighted by molar-refractivity contribution is 6.40. The number of carbonyl (C=O) groups is 1. The first-order chi connectivity index (χ1) is 14.8. The van der Waals surface area contributed by atoms with E-state index in [1.807, 2.05) is 18.2 Å². The SMILES string of the molecule is O=C(NCc1ccccc1C1CCCC2CCCN21)c1c(Cl)ccc(C(F)(F)F)c1Cl. The van der Waals surface area contributed by atoms with E-state index in [-0.39, 0.29) is 17.1 Å². The van der Waals surface area contributed by atoms with E-state index in [1.54, 1.807) is 0 Å². The van der Waals surface area contributed by atoms with Crippen molar-refractivity contribution in [3.05, 3.63) is 68.7 Å². The van der Waals surface area contributed by atoms with E-state index in [0.29, 0.717) is 12.1 Å². The zero-order chi connectivity index (χ0) is 22.2. The predicted molar refractivity (Wildman–Crippen MR) is 115 cm³/mol. The highest BCUT2D eigenvalue weighted by atomic mass is 35.5. The van der Waals surface area contributed by atoms with Gasteiger partial charge in [-0.05, 0) is 61.9 Å². The minimum atomic E-state index is -4.67. The Hall–Kier alpha value is -1.76. The lowest BCUT2D eigenvalue weighted by Gasteiger charge is -2.39. The molecular weight excluding hydrogens is 448 g/mol. The number of halogens is 5. The highest BCUT2D eigenvalue weighted by Gasteiger charge is 2.37. The van der Waals surface area contributed by atoms with E-state index in [4.69, 9.17) is 23.2 Å². The Bertz CT molecular complexity index is 980. The molecule has 0 spiro atoms. The molecule has 2 aromatic rings. The third-order valence-corrected chi connectivity index (χ3v) is 7.02. The molecule has 2 saturated heterocycles. The Morgan fingerprint density at radius 1 is 1.06 bits per heavy atom. The number of carbonyl (C=O) groups excluding carboxylic acids is 1. The number of benzene rings is 2. The van der Waals surface area contributed by atoms with Gasteiger partial charge in [0.25, 0.3) is 5.91 Å². The van der Waals surface area contributed by atoms with Crippen LogP contribution in [-0.4, -0.2) is 23.4 Å². The molecule has 31 heavy (non-hydrogen) atoms. The molecule has 2 heterocycles. The Morgan fingerprint density at radius 3 is 2.58 bits per heavy atom. The molecule has 2 atom stereocenters. The molecule has 2 aliphatic rings. The molecule has 166 valence electrons. The van der Waals surface area contributed by atoms with Crippen molar-refractivity contribution < 1.29 is 18.0 Å². The standard InChI is InChI=1S/C23H23Cl2F3N2O/c24-18-11-10-17(23(26,27)28)21(25)20(18)22(31)29-13-14-5-1-2-8-16(14)19-9-3-6-15-7-4-12-30(15)19/h1-2,5,8,10-11,15,19H,3-4,6-7,9,12-13H2,(H,29,31). The van der Waals surface area contributed by atoms with Crippen LogP contribution in [0.1, 0.15) is 65.2 Å². The second-order valence-electron chi connectivity index (χ2n) is 8.14. The van der Waals surface area contributed by atoms with Crippen molar-refractivity contribution in [2.75, 3.05) is 6.54 Å². The van der Waals surface area contributed by atoms with Crippen molar-refractivity contribution in [2.24, 2.45) is 0 Å². The largest absolute Gasteiger partial charge is 0.417 e. The van der Waals surface area contributed by atoms with Crippen LogP contribution >= 0.6 is 23.2 Å². The van der Waals surface area contributed by atoms with Gasteiger partial charge in [-0.3, -0.25) is 9.69 Å². The number of alkyl halides is 3. The number of nitrogens with zero attached hydrogens (tertiary/aromatic N) is 1. The minimum absolute atomic E-state index is 0.115. The fraction of sp³-hybridized carbons (Fsp3) is 0.435. The molecule has 0 aliphatic carbocycles. The van der Waals surface area contributed by atoms with Gasteiger partial charge in [0.05, 0.1) is 21.2 Å². The topological polar surface area (TPSA) is 32.3 Å². The number of piperidine rings is 1. The van der Waals surface area contributed by atoms with Gasteiger partial charge in [-0.2, -0.15) is 13.2 Å². The number of rotatable bonds is 4. The highest BCUT2D eigenvalue weighted by Crippen LogP contribution is 2.41. The summed E-state index contributed by atoms with van der Waals surface area (Å²) >= 11 is 11.9. The molecule has 1 N–H and O–H groups in total. The van der Waals surface area contributed by atoms with Crippen molar-refractivity contribution in [3.63, 3.8) is 0 Å². The van der Waals surface area contributed by atoms with E-state index in [9.17, 15) is 18.0 Å². The van der Waals surface area contributed by atoms with Crippen molar-refractivity contribution >= 4 is 29.1 Å². The molecule has 8 heteroatoms. The molecule has 2 unspecified atom stereocenters. The van der Waals surface area contributed by atoms with Crippen LogP contribution in [0, 0.1) is 0 Å². The van der Waals surface area contributed by atoms with Gasteiger partial charge in [0, 0.05) is 18.6 Å². The zero-order valence-corrected chi connectivity index (χ0v) is 18.3. The van der Waals surface area contributed by atoms with Crippen molar-refractivity contribution in [3.8, 4) is 0 Å². The lowest BCUT2D eigenvalue weighted by Crippen LogP contribution is -2.37. The summed E-state index contributed by atoms with van der Waals surface area (Å²) in [7, 11) is 0. The van der Waals surface area contributed by atoms with Crippen molar-refractivity contribution in [1.82, 2.24) is 10.2 Å². The summed E-state index contributed by atoms with van der Waals surface area (Å²) in [6.07, 6.45) is 1.21. The summed E-state index contributed by atoms with van der Waals surface area (Å²) in [5.74, 6) is -0.724. The van der Waals surface area contributed by atoms with Crippen LogP contribution in [0.3, 0.4) is 0 Å². The maximum atomic E-state index is 13.2. The maximum Gasteiger partial charge on any atom is 0.417 e. The van der Waals surface area contributed by atoms with Gasteiger partial charge in [0.2, 0.25) is 0 Å². The van der Waals surface area contributed by atoms with Crippen LogP contribution in [-0.2, 0) is 12.7 Å². The summed E-state index contributed by atoms with van der Waals surface area (Å²) in [6.45, 7) is 1.26. The molecule has 2 aliphatic heterocycles. The number of fused-ring (bicyclic) bond motifs is 1. The molecule has 0 radical (unpaired) electrons. The zero-order valence-electron chi connectivity index (χ0n) is 16.8. The monoisotopic (exact) mass is 470 g/mol. The molecule has 0 aromatic heterocycles. The number of hydrogen-bond acceptors (Lipinski definition) is 2. The van der Waals surface area contributed by atoms with Gasteiger partial charge < -0.3 is 5.32 Å².